The molecule has 0 aromatic carbocycles. The highest BCUT2D eigenvalue weighted by Crippen LogP contribution is 2.76. The molecule has 27 atom stereocenters. The molecule has 460 valence electrons. The van der Waals surface area contributed by atoms with E-state index in [-0.39, 0.29) is 24.3 Å². The van der Waals surface area contributed by atoms with Crippen LogP contribution in [0.15, 0.2) is 34.9 Å². The first kappa shape index (κ1) is 63.9. The highest BCUT2D eigenvalue weighted by molar-refractivity contribution is 5.89. The van der Waals surface area contributed by atoms with E-state index in [2.05, 4.69) is 19.9 Å². The lowest BCUT2D eigenvalue weighted by molar-refractivity contribution is -0.387. The highest BCUT2D eigenvalue weighted by atomic mass is 16.8. The van der Waals surface area contributed by atoms with Crippen molar-refractivity contribution in [2.75, 3.05) is 26.4 Å². The second-order valence-electron chi connectivity index (χ2n) is 25.9. The largest absolute Gasteiger partial charge is 0.479 e. The number of carboxylic acids is 1. The van der Waals surface area contributed by atoms with Crippen LogP contribution in [-0.2, 0) is 52.3 Å². The molecule has 24 heteroatoms. The summed E-state index contributed by atoms with van der Waals surface area (Å²) in [5.74, 6) is -4.48. The van der Waals surface area contributed by atoms with Crippen LogP contribution in [0.25, 0.3) is 0 Å². The lowest BCUT2D eigenvalue weighted by atomic mass is 9.32. The smallest absolute Gasteiger partial charge is 0.335 e. The minimum Gasteiger partial charge on any atom is -0.479 e. The van der Waals surface area contributed by atoms with Crippen molar-refractivity contribution < 1.29 is 119 Å². The summed E-state index contributed by atoms with van der Waals surface area (Å²) in [7, 11) is 0. The zero-order chi connectivity index (χ0) is 60.0. The number of carboxylic acid groups (broad SMARTS) is 1. The summed E-state index contributed by atoms with van der Waals surface area (Å²) < 4.78 is 48.8. The van der Waals surface area contributed by atoms with Crippen LogP contribution < -0.4 is 0 Å². The van der Waals surface area contributed by atoms with Crippen LogP contribution in [0.1, 0.15) is 108 Å². The van der Waals surface area contributed by atoms with E-state index >= 15 is 0 Å². The van der Waals surface area contributed by atoms with Crippen molar-refractivity contribution in [2.24, 2.45) is 50.2 Å². The van der Waals surface area contributed by atoms with Gasteiger partial charge < -0.3 is 104 Å². The molecule has 3 saturated heterocycles. The van der Waals surface area contributed by atoms with Gasteiger partial charge in [0.05, 0.1) is 50.2 Å². The van der Waals surface area contributed by atoms with Crippen molar-refractivity contribution in [3.63, 3.8) is 0 Å². The average Bonchev–Trinajstić information content (AvgIpc) is 1.99. The second-order valence-corrected chi connectivity index (χ2v) is 25.9. The number of fused-ring (bicyclic) bond motifs is 7. The molecule has 7 fully saturated rings. The first-order valence-corrected chi connectivity index (χ1v) is 28.3. The van der Waals surface area contributed by atoms with Crippen molar-refractivity contribution in [3.05, 3.63) is 34.9 Å². The third kappa shape index (κ3) is 9.98. The molecule has 0 aromatic rings. The van der Waals surface area contributed by atoms with Crippen LogP contribution >= 0.6 is 0 Å². The number of hydrogen-bond acceptors (Lipinski definition) is 23. The molecule has 0 spiro atoms. The molecule has 0 aromatic heterocycles. The summed E-state index contributed by atoms with van der Waals surface area (Å²) in [6, 6.07) is 0. The number of aliphatic carboxylic acids is 1. The number of carbonyl (C=O) groups is 3. The Morgan fingerprint density at radius 2 is 1.17 bits per heavy atom. The Balaban J connectivity index is 1.15. The number of aliphatic hydroxyl groups excluding tert-OH is 12. The predicted octanol–water partition coefficient (Wildman–Crippen LogP) is -0.765. The molecule has 0 bridgehead atoms. The minimum atomic E-state index is -2.18. The molecule has 24 nitrogen and oxygen atoms in total. The van der Waals surface area contributed by atoms with E-state index in [1.807, 2.05) is 27.7 Å². The maximum absolute atomic E-state index is 13.9. The quantitative estimate of drug-likeness (QED) is 0.0415. The van der Waals surface area contributed by atoms with Crippen molar-refractivity contribution in [2.45, 2.75) is 224 Å². The fraction of sp³-hybridized carbons (Fsp3) is 0.842. The molecule has 0 radical (unpaired) electrons. The van der Waals surface area contributed by atoms with Gasteiger partial charge in [0.15, 0.2) is 31.1 Å². The number of carbonyl (C=O) groups excluding carboxylic acids is 2. The number of allylic oxidation sites excluding steroid dienone is 3. The van der Waals surface area contributed by atoms with Crippen LogP contribution in [0.3, 0.4) is 0 Å². The Morgan fingerprint density at radius 1 is 0.630 bits per heavy atom. The van der Waals surface area contributed by atoms with Gasteiger partial charge in [0.25, 0.3) is 0 Å². The van der Waals surface area contributed by atoms with Gasteiger partial charge in [0, 0.05) is 27.4 Å². The Kier molecular flexibility index (Phi) is 18.4. The molecule has 3 heterocycles. The summed E-state index contributed by atoms with van der Waals surface area (Å²) in [4.78, 5) is 40.4. The zero-order valence-electron chi connectivity index (χ0n) is 47.8. The van der Waals surface area contributed by atoms with Gasteiger partial charge in [-0.2, -0.15) is 0 Å². The summed E-state index contributed by atoms with van der Waals surface area (Å²) in [5.41, 5.74) is -5.25. The van der Waals surface area contributed by atoms with Gasteiger partial charge >= 0.3 is 17.9 Å². The second kappa shape index (κ2) is 23.3. The molecule has 12 unspecified atom stereocenters. The lowest BCUT2D eigenvalue weighted by Crippen LogP contribution is -2.76. The number of hydrogen-bond donors (Lipinski definition) is 13. The first-order valence-electron chi connectivity index (χ1n) is 28.3. The maximum Gasteiger partial charge on any atom is 0.335 e. The van der Waals surface area contributed by atoms with E-state index < -0.39 is 205 Å². The number of esters is 2. The van der Waals surface area contributed by atoms with Crippen LogP contribution in [0.4, 0.5) is 0 Å². The Bertz CT molecular complexity index is 2410. The summed E-state index contributed by atoms with van der Waals surface area (Å²) in [6.07, 6.45) is -25.7. The molecule has 5 aliphatic carbocycles. The van der Waals surface area contributed by atoms with Gasteiger partial charge in [0.1, 0.15) is 67.1 Å². The molecule has 8 aliphatic rings. The van der Waals surface area contributed by atoms with E-state index in [9.17, 15) is 80.8 Å². The monoisotopic (exact) mass is 1160 g/mol. The Hall–Kier alpha value is -3.09. The van der Waals surface area contributed by atoms with E-state index in [0.29, 0.717) is 31.3 Å². The van der Waals surface area contributed by atoms with E-state index in [4.69, 9.17) is 37.9 Å². The molecule has 0 amide bonds. The maximum atomic E-state index is 13.9. The van der Waals surface area contributed by atoms with Gasteiger partial charge in [0.2, 0.25) is 0 Å². The summed E-state index contributed by atoms with van der Waals surface area (Å²) in [5, 5.41) is 146. The molecule has 4 saturated carbocycles. The zero-order valence-corrected chi connectivity index (χ0v) is 47.8. The van der Waals surface area contributed by atoms with Gasteiger partial charge in [-0.15, -0.1) is 0 Å². The van der Waals surface area contributed by atoms with Crippen LogP contribution in [0.5, 0.6) is 0 Å². The third-order valence-corrected chi connectivity index (χ3v) is 21.5. The van der Waals surface area contributed by atoms with Gasteiger partial charge in [-0.1, -0.05) is 65.3 Å². The van der Waals surface area contributed by atoms with E-state index in [1.54, 1.807) is 39.8 Å². The van der Waals surface area contributed by atoms with Crippen LogP contribution in [-0.4, -0.2) is 227 Å². The molecular formula is C57H88O24. The van der Waals surface area contributed by atoms with Gasteiger partial charge in [-0.05, 0) is 94.8 Å². The number of rotatable bonds is 15. The number of aliphatic hydroxyl groups is 12. The first-order chi connectivity index (χ1) is 37.9. The standard InChI is InChI=1S/C57H88O24/c1-11-24(3)47(72)80-44-45(81-48(73)25(4)12-2)57(23-61)27(19-52(44,5)6)26-13-14-31-53(7)17-16-32(54(8,22-60)30(53)15-18-55(31,9)56(26,10)42(68)43(57)69)76-51-41(79-50-37(66)35(64)33(62)28(20-58)74-50)39(38(67)40(78-51)46(70)71)77-49-36(65)34(63)29(21-59)75-49/h11-13,27-45,49-51,58-69H,14-23H2,1-10H3,(H,70,71)/b24-11-,25-12-/t27?,28?,29?,30?,31?,32?,33-,34?,35?,36?,37+,38+,39?,40?,41+,42+,43-,44+,45+,49?,50+,51-,53+,54-,55-,56+,57+/m1/s1. The van der Waals surface area contributed by atoms with Gasteiger partial charge in [-0.25, -0.2) is 14.4 Å². The average molecular weight is 1160 g/mol. The van der Waals surface area contributed by atoms with E-state index in [1.165, 1.54) is 0 Å². The summed E-state index contributed by atoms with van der Waals surface area (Å²) >= 11 is 0. The van der Waals surface area contributed by atoms with E-state index in [0.717, 1.165) is 5.57 Å². The van der Waals surface area contributed by atoms with Crippen molar-refractivity contribution in [3.8, 4) is 0 Å². The molecular weight excluding hydrogens is 1070 g/mol. The Labute approximate surface area is 471 Å². The Morgan fingerprint density at radius 3 is 1.70 bits per heavy atom. The van der Waals surface area contributed by atoms with Crippen LogP contribution in [0, 0.1) is 50.2 Å². The van der Waals surface area contributed by atoms with Gasteiger partial charge in [-0.3, -0.25) is 0 Å². The molecule has 13 N–H and O–H groups in total. The minimum absolute atomic E-state index is 0.165. The highest BCUT2D eigenvalue weighted by Gasteiger charge is 2.77. The van der Waals surface area contributed by atoms with Crippen molar-refractivity contribution in [1.82, 2.24) is 0 Å². The molecule has 8 rings (SSSR count). The summed E-state index contributed by atoms with van der Waals surface area (Å²) in [6.45, 7) is 15.3. The fourth-order valence-corrected chi connectivity index (χ4v) is 16.2. The molecule has 3 aliphatic heterocycles. The SMILES string of the molecule is C/C=C(/C)C(=O)O[C@H]1[C@H](OC(=O)/C(C)=C\C)[C@@]2(CO)C(CC1(C)C)C1=CCC3[C@@]4(C)CCC(O[C@@H]5OC(C(=O)O)[C@@H](O)C(OC6OC(CO)C(O)C6O)[C@@H]5O[C@@H]5OC(CO)[C@@H](O)C(O)[C@@H]5O)[C@](C)(CO)C4CC[C@@]3(C)[C@]1(C)[C@@H](O)[C@H]2O. The van der Waals surface area contributed by atoms with Crippen molar-refractivity contribution in [1.29, 1.82) is 0 Å². The topological polar surface area (TPSA) is 388 Å². The van der Waals surface area contributed by atoms with Crippen molar-refractivity contribution >= 4 is 17.9 Å². The van der Waals surface area contributed by atoms with Crippen LogP contribution in [0.2, 0.25) is 0 Å². The molecule has 81 heavy (non-hydrogen) atoms. The lowest BCUT2D eigenvalue weighted by Gasteiger charge is -2.73. The third-order valence-electron chi connectivity index (χ3n) is 21.5. The fourth-order valence-electron chi connectivity index (χ4n) is 16.2. The normalized spacial score (nSPS) is 49.8. The number of ether oxygens (including phenoxy) is 8. The predicted molar refractivity (Wildman–Crippen MR) is 278 cm³/mol.